The van der Waals surface area contributed by atoms with Gasteiger partial charge in [-0.15, -0.1) is 0 Å². The first-order chi connectivity index (χ1) is 9.50. The average Bonchev–Trinajstić information content (AvgIpc) is 2.44. The summed E-state index contributed by atoms with van der Waals surface area (Å²) in [6.07, 6.45) is 1.98. The van der Waals surface area contributed by atoms with Crippen molar-refractivity contribution in [3.63, 3.8) is 0 Å². The van der Waals surface area contributed by atoms with Crippen molar-refractivity contribution in [3.8, 4) is 0 Å². The first-order valence-electron chi connectivity index (χ1n) is 6.84. The number of rotatable bonds is 6. The van der Waals surface area contributed by atoms with Crippen molar-refractivity contribution in [3.05, 3.63) is 12.7 Å². The van der Waals surface area contributed by atoms with Crippen molar-refractivity contribution < 1.29 is 23.8 Å². The fourth-order valence-corrected chi connectivity index (χ4v) is 2.10. The van der Waals surface area contributed by atoms with E-state index in [2.05, 4.69) is 11.9 Å². The van der Waals surface area contributed by atoms with E-state index < -0.39 is 17.7 Å². The lowest BCUT2D eigenvalue weighted by molar-refractivity contribution is -0.137. The van der Waals surface area contributed by atoms with E-state index in [9.17, 15) is 9.59 Å². The van der Waals surface area contributed by atoms with Gasteiger partial charge in [0.15, 0.2) is 0 Å². The fraction of sp³-hybridized carbons (Fsp3) is 0.714. The minimum atomic E-state index is -0.511. The van der Waals surface area contributed by atoms with Gasteiger partial charge < -0.3 is 19.5 Å². The Bertz CT molecular complexity index is 347. The molecule has 6 heteroatoms. The largest absolute Gasteiger partial charge is 0.461 e. The molecule has 1 fully saturated rings. The van der Waals surface area contributed by atoms with Crippen LogP contribution in [-0.2, 0) is 19.0 Å². The predicted molar refractivity (Wildman–Crippen MR) is 73.3 cm³/mol. The van der Waals surface area contributed by atoms with Crippen molar-refractivity contribution in [1.82, 2.24) is 5.32 Å². The highest BCUT2D eigenvalue weighted by atomic mass is 16.6. The Morgan fingerprint density at radius 2 is 2.05 bits per heavy atom. The van der Waals surface area contributed by atoms with Gasteiger partial charge >= 0.3 is 12.1 Å². The molecule has 0 bridgehead atoms. The molecule has 1 aliphatic heterocycles. The van der Waals surface area contributed by atoms with E-state index in [1.54, 1.807) is 0 Å². The summed E-state index contributed by atoms with van der Waals surface area (Å²) < 4.78 is 15.7. The highest BCUT2D eigenvalue weighted by Gasteiger charge is 2.39. The third kappa shape index (κ3) is 4.85. The maximum atomic E-state index is 11.8. The third-order valence-electron chi connectivity index (χ3n) is 3.47. The lowest BCUT2D eigenvalue weighted by atomic mass is 9.83. The fourth-order valence-electron chi connectivity index (χ4n) is 2.10. The second kappa shape index (κ2) is 7.89. The van der Waals surface area contributed by atoms with Crippen molar-refractivity contribution in [2.75, 3.05) is 26.4 Å². The topological polar surface area (TPSA) is 73.9 Å². The maximum absolute atomic E-state index is 11.8. The van der Waals surface area contributed by atoms with Crippen molar-refractivity contribution in [2.24, 2.45) is 5.92 Å². The Balaban J connectivity index is 2.35. The number of hydrogen-bond acceptors (Lipinski definition) is 5. The average molecular weight is 285 g/mol. The minimum Gasteiger partial charge on any atom is -0.461 e. The van der Waals surface area contributed by atoms with Gasteiger partial charge in [0.1, 0.15) is 12.2 Å². The quantitative estimate of drug-likeness (QED) is 0.456. The van der Waals surface area contributed by atoms with Gasteiger partial charge in [-0.25, -0.2) is 9.59 Å². The molecule has 1 rings (SSSR count). The SMILES string of the molecule is C=CC(=O)OCCNC(=O)OC1(C(C)C)CCOCC1. The van der Waals surface area contributed by atoms with Gasteiger partial charge in [-0.3, -0.25) is 0 Å². The monoisotopic (exact) mass is 285 g/mol. The van der Waals surface area contributed by atoms with E-state index in [-0.39, 0.29) is 19.1 Å². The molecule has 0 aliphatic carbocycles. The molecule has 20 heavy (non-hydrogen) atoms. The Labute approximate surface area is 119 Å². The second-order valence-corrected chi connectivity index (χ2v) is 5.02. The van der Waals surface area contributed by atoms with Crippen LogP contribution in [0.1, 0.15) is 26.7 Å². The van der Waals surface area contributed by atoms with Gasteiger partial charge in [-0.2, -0.15) is 0 Å². The normalized spacial score (nSPS) is 17.4. The van der Waals surface area contributed by atoms with E-state index in [0.29, 0.717) is 26.1 Å². The summed E-state index contributed by atoms with van der Waals surface area (Å²) in [6, 6.07) is 0. The molecule has 0 radical (unpaired) electrons. The van der Waals surface area contributed by atoms with Crippen LogP contribution in [0, 0.1) is 5.92 Å². The minimum absolute atomic E-state index is 0.0950. The molecule has 0 spiro atoms. The molecule has 1 N–H and O–H groups in total. The molecule has 0 atom stereocenters. The summed E-state index contributed by atoms with van der Waals surface area (Å²) in [7, 11) is 0. The van der Waals surface area contributed by atoms with Gasteiger partial charge in [0, 0.05) is 18.9 Å². The number of nitrogens with one attached hydrogen (secondary N) is 1. The van der Waals surface area contributed by atoms with E-state index in [1.165, 1.54) is 0 Å². The molecule has 0 unspecified atom stereocenters. The number of amides is 1. The highest BCUT2D eigenvalue weighted by molar-refractivity contribution is 5.81. The number of ether oxygens (including phenoxy) is 3. The van der Waals surface area contributed by atoms with Crippen molar-refractivity contribution in [1.29, 1.82) is 0 Å². The van der Waals surface area contributed by atoms with Crippen LogP contribution in [0.4, 0.5) is 4.79 Å². The van der Waals surface area contributed by atoms with E-state index in [1.807, 2.05) is 13.8 Å². The van der Waals surface area contributed by atoms with Gasteiger partial charge in [-0.1, -0.05) is 20.4 Å². The van der Waals surface area contributed by atoms with Crippen LogP contribution in [0.15, 0.2) is 12.7 Å². The van der Waals surface area contributed by atoms with E-state index in [4.69, 9.17) is 14.2 Å². The lowest BCUT2D eigenvalue weighted by Gasteiger charge is -2.39. The smallest absolute Gasteiger partial charge is 0.407 e. The summed E-state index contributed by atoms with van der Waals surface area (Å²) in [4.78, 5) is 22.6. The van der Waals surface area contributed by atoms with Crippen LogP contribution >= 0.6 is 0 Å². The molecule has 0 aromatic heterocycles. The molecular weight excluding hydrogens is 262 g/mol. The molecular formula is C14H23NO5. The van der Waals surface area contributed by atoms with Crippen LogP contribution in [0.25, 0.3) is 0 Å². The number of hydrogen-bond donors (Lipinski definition) is 1. The number of carbonyl (C=O) groups is 2. The molecule has 1 aliphatic rings. The second-order valence-electron chi connectivity index (χ2n) is 5.02. The molecule has 114 valence electrons. The molecule has 0 aromatic carbocycles. The molecule has 0 saturated carbocycles. The van der Waals surface area contributed by atoms with E-state index in [0.717, 1.165) is 6.08 Å². The van der Waals surface area contributed by atoms with Gasteiger partial charge in [0.05, 0.1) is 19.8 Å². The molecule has 0 aromatic rings. The maximum Gasteiger partial charge on any atom is 0.407 e. The first kappa shape index (κ1) is 16.5. The summed E-state index contributed by atoms with van der Waals surface area (Å²) in [5.74, 6) is -0.293. The zero-order valence-electron chi connectivity index (χ0n) is 12.1. The van der Waals surface area contributed by atoms with Crippen molar-refractivity contribution in [2.45, 2.75) is 32.3 Å². The first-order valence-corrected chi connectivity index (χ1v) is 6.84. The van der Waals surface area contributed by atoms with Crippen LogP contribution in [-0.4, -0.2) is 44.0 Å². The Hall–Kier alpha value is -1.56. The van der Waals surface area contributed by atoms with Gasteiger partial charge in [-0.05, 0) is 5.92 Å². The summed E-state index contributed by atoms with van der Waals surface area (Å²) in [5.41, 5.74) is -0.472. The van der Waals surface area contributed by atoms with Crippen LogP contribution in [0.2, 0.25) is 0 Å². The van der Waals surface area contributed by atoms with Crippen LogP contribution in [0.3, 0.4) is 0 Å². The third-order valence-corrected chi connectivity index (χ3v) is 3.47. The van der Waals surface area contributed by atoms with Crippen LogP contribution in [0.5, 0.6) is 0 Å². The van der Waals surface area contributed by atoms with Gasteiger partial charge in [0.2, 0.25) is 0 Å². The number of esters is 1. The van der Waals surface area contributed by atoms with E-state index >= 15 is 0 Å². The standard InChI is InChI=1S/C14H23NO5/c1-4-12(16)19-10-7-15-13(17)20-14(11(2)3)5-8-18-9-6-14/h4,11H,1,5-10H2,2-3H3,(H,15,17). The molecule has 6 nitrogen and oxygen atoms in total. The highest BCUT2D eigenvalue weighted by Crippen LogP contribution is 2.32. The van der Waals surface area contributed by atoms with Gasteiger partial charge in [0.25, 0.3) is 0 Å². The Morgan fingerprint density at radius 1 is 1.40 bits per heavy atom. The number of alkyl carbamates (subject to hydrolysis) is 1. The van der Waals surface area contributed by atoms with Crippen molar-refractivity contribution >= 4 is 12.1 Å². The zero-order valence-corrected chi connectivity index (χ0v) is 12.1. The molecule has 1 amide bonds. The Morgan fingerprint density at radius 3 is 2.60 bits per heavy atom. The summed E-state index contributed by atoms with van der Waals surface area (Å²) in [6.45, 7) is 8.85. The molecule has 1 heterocycles. The Kier molecular flexibility index (Phi) is 6.51. The molecule has 1 saturated heterocycles. The zero-order chi connectivity index (χ0) is 15.0. The summed E-state index contributed by atoms with van der Waals surface area (Å²) >= 11 is 0. The summed E-state index contributed by atoms with van der Waals surface area (Å²) in [5, 5.41) is 2.58. The van der Waals surface area contributed by atoms with Crippen LogP contribution < -0.4 is 5.32 Å². The predicted octanol–water partition coefficient (Wildman–Crippen LogP) is 1.65. The lowest BCUT2D eigenvalue weighted by Crippen LogP contribution is -2.47. The number of carbonyl (C=O) groups excluding carboxylic acids is 2.